The Morgan fingerprint density at radius 2 is 1.87 bits per heavy atom. The molecule has 1 aromatic heterocycles. The van der Waals surface area contributed by atoms with Crippen molar-refractivity contribution in [3.05, 3.63) is 66.0 Å². The minimum absolute atomic E-state index is 0.0735. The van der Waals surface area contributed by atoms with Crippen LogP contribution in [0.5, 0.6) is 0 Å². The first-order valence-electron chi connectivity index (χ1n) is 9.65. The fourth-order valence-electron chi connectivity index (χ4n) is 3.83. The molecule has 0 aliphatic carbocycles. The van der Waals surface area contributed by atoms with Gasteiger partial charge in [0.15, 0.2) is 5.82 Å². The van der Waals surface area contributed by atoms with Gasteiger partial charge in [0.2, 0.25) is 0 Å². The van der Waals surface area contributed by atoms with Gasteiger partial charge in [-0.3, -0.25) is 9.47 Å². The normalized spacial score (nSPS) is 17.5. The minimum atomic E-state index is -1.35. The van der Waals surface area contributed by atoms with Gasteiger partial charge in [-0.1, -0.05) is 24.3 Å². The fraction of sp³-hybridized carbons (Fsp3) is 0.227. The van der Waals surface area contributed by atoms with Crippen molar-refractivity contribution in [2.75, 3.05) is 13.1 Å². The first-order chi connectivity index (χ1) is 14.4. The summed E-state index contributed by atoms with van der Waals surface area (Å²) in [6.07, 6.45) is 1.67. The molecule has 8 heteroatoms. The number of nitrogens with zero attached hydrogens (tertiary/aromatic N) is 3. The van der Waals surface area contributed by atoms with Crippen LogP contribution in [0.3, 0.4) is 0 Å². The second kappa shape index (κ2) is 8.10. The number of aliphatic carboxylic acids is 2. The number of rotatable bonds is 6. The summed E-state index contributed by atoms with van der Waals surface area (Å²) < 4.78 is 1.67. The Hall–Kier alpha value is -3.49. The van der Waals surface area contributed by atoms with Gasteiger partial charge in [-0.05, 0) is 36.2 Å². The maximum absolute atomic E-state index is 11.8. The number of benzene rings is 2. The number of likely N-dealkylation sites (tertiary alicyclic amines) is 1. The van der Waals surface area contributed by atoms with Crippen LogP contribution in [0.4, 0.5) is 0 Å². The lowest BCUT2D eigenvalue weighted by Gasteiger charge is -2.16. The first kappa shape index (κ1) is 19.8. The van der Waals surface area contributed by atoms with Crippen LogP contribution in [-0.4, -0.2) is 55.7 Å². The average Bonchev–Trinajstić information content (AvgIpc) is 3.29. The number of fused-ring (bicyclic) bond motifs is 1. The van der Waals surface area contributed by atoms with E-state index in [4.69, 9.17) is 10.8 Å². The predicted octanol–water partition coefficient (Wildman–Crippen LogP) is 2.11. The van der Waals surface area contributed by atoms with Gasteiger partial charge in [-0.15, -0.1) is 0 Å². The van der Waals surface area contributed by atoms with Crippen LogP contribution in [0.25, 0.3) is 22.3 Å². The van der Waals surface area contributed by atoms with Crippen molar-refractivity contribution < 1.29 is 19.8 Å². The van der Waals surface area contributed by atoms with Crippen LogP contribution in [0.15, 0.2) is 54.6 Å². The van der Waals surface area contributed by atoms with E-state index >= 15 is 0 Å². The highest BCUT2D eigenvalue weighted by Gasteiger charge is 2.22. The molecule has 0 bridgehead atoms. The predicted molar refractivity (Wildman–Crippen MR) is 112 cm³/mol. The van der Waals surface area contributed by atoms with Gasteiger partial charge in [0.05, 0.1) is 11.0 Å². The van der Waals surface area contributed by atoms with Crippen molar-refractivity contribution >= 4 is 28.5 Å². The zero-order valence-electron chi connectivity index (χ0n) is 16.2. The van der Waals surface area contributed by atoms with E-state index in [2.05, 4.69) is 9.88 Å². The van der Waals surface area contributed by atoms with Gasteiger partial charge in [-0.25, -0.2) is 14.6 Å². The van der Waals surface area contributed by atoms with E-state index in [1.807, 2.05) is 36.4 Å². The molecule has 1 atom stereocenters. The Morgan fingerprint density at radius 3 is 2.50 bits per heavy atom. The van der Waals surface area contributed by atoms with Gasteiger partial charge >= 0.3 is 11.9 Å². The van der Waals surface area contributed by atoms with Crippen molar-refractivity contribution in [3.63, 3.8) is 0 Å². The third-order valence-corrected chi connectivity index (χ3v) is 5.21. The summed E-state index contributed by atoms with van der Waals surface area (Å²) in [4.78, 5) is 29.7. The second-order valence-electron chi connectivity index (χ2n) is 7.41. The monoisotopic (exact) mass is 406 g/mol. The highest BCUT2D eigenvalue weighted by Crippen LogP contribution is 2.27. The molecule has 0 saturated carbocycles. The summed E-state index contributed by atoms with van der Waals surface area (Å²) in [5.41, 5.74) is 8.71. The number of hydrogen-bond donors (Lipinski definition) is 3. The van der Waals surface area contributed by atoms with E-state index < -0.39 is 11.9 Å². The standard InChI is InChI=1S/C22H22N4O4/c23-15-9-10-25(13-15)12-14-5-7-16(8-6-14)26-19-4-2-1-3-18(19)24-21(26)17(22(29)30)11-20(27)28/h1-8,11,15H,9-10,12-13,23H2,(H,27,28)(H,29,30)/t15-/m0/s1. The number of aromatic nitrogens is 2. The second-order valence-corrected chi connectivity index (χ2v) is 7.41. The largest absolute Gasteiger partial charge is 0.478 e. The number of para-hydroxylation sites is 2. The van der Waals surface area contributed by atoms with E-state index in [1.165, 1.54) is 0 Å². The summed E-state index contributed by atoms with van der Waals surface area (Å²) in [6.45, 7) is 2.64. The number of carboxylic acids is 2. The van der Waals surface area contributed by atoms with Crippen LogP contribution in [0, 0.1) is 0 Å². The van der Waals surface area contributed by atoms with Crippen LogP contribution in [0.2, 0.25) is 0 Å². The van der Waals surface area contributed by atoms with Crippen molar-refractivity contribution in [2.24, 2.45) is 5.73 Å². The number of carboxylic acid groups (broad SMARTS) is 2. The van der Waals surface area contributed by atoms with Gasteiger partial charge in [-0.2, -0.15) is 0 Å². The van der Waals surface area contributed by atoms with Crippen LogP contribution in [-0.2, 0) is 16.1 Å². The molecular formula is C22H22N4O4. The van der Waals surface area contributed by atoms with E-state index in [1.54, 1.807) is 16.7 Å². The Balaban J connectivity index is 1.76. The first-order valence-corrected chi connectivity index (χ1v) is 9.65. The summed E-state index contributed by atoms with van der Waals surface area (Å²) in [5, 5.41) is 18.7. The highest BCUT2D eigenvalue weighted by atomic mass is 16.4. The molecule has 0 amide bonds. The zero-order valence-corrected chi connectivity index (χ0v) is 16.2. The van der Waals surface area contributed by atoms with Crippen LogP contribution < -0.4 is 5.73 Å². The van der Waals surface area contributed by atoms with E-state index in [0.717, 1.165) is 31.6 Å². The molecule has 30 heavy (non-hydrogen) atoms. The highest BCUT2D eigenvalue weighted by molar-refractivity contribution is 6.19. The molecule has 3 aromatic rings. The molecule has 2 aromatic carbocycles. The minimum Gasteiger partial charge on any atom is -0.478 e. The lowest BCUT2D eigenvalue weighted by Crippen LogP contribution is -2.26. The molecule has 1 aliphatic heterocycles. The third-order valence-electron chi connectivity index (χ3n) is 5.21. The number of imidazole rings is 1. The Morgan fingerprint density at radius 1 is 1.13 bits per heavy atom. The lowest BCUT2D eigenvalue weighted by atomic mass is 10.1. The third kappa shape index (κ3) is 3.96. The van der Waals surface area contributed by atoms with E-state index in [0.29, 0.717) is 22.8 Å². The fourth-order valence-corrected chi connectivity index (χ4v) is 3.83. The van der Waals surface area contributed by atoms with Crippen molar-refractivity contribution in [1.29, 1.82) is 0 Å². The molecule has 0 radical (unpaired) electrons. The van der Waals surface area contributed by atoms with Gasteiger partial charge in [0.25, 0.3) is 0 Å². The molecule has 154 valence electrons. The molecule has 2 heterocycles. The lowest BCUT2D eigenvalue weighted by molar-refractivity contribution is -0.133. The number of hydrogen-bond acceptors (Lipinski definition) is 5. The maximum atomic E-state index is 11.8. The molecular weight excluding hydrogens is 384 g/mol. The Bertz CT molecular complexity index is 1130. The number of nitrogens with two attached hydrogens (primary N) is 1. The van der Waals surface area contributed by atoms with Crippen LogP contribution >= 0.6 is 0 Å². The molecule has 4 N–H and O–H groups in total. The molecule has 1 fully saturated rings. The molecule has 0 unspecified atom stereocenters. The Labute approximate surface area is 172 Å². The molecule has 8 nitrogen and oxygen atoms in total. The molecule has 1 aliphatic rings. The molecule has 0 spiro atoms. The maximum Gasteiger partial charge on any atom is 0.339 e. The summed E-state index contributed by atoms with van der Waals surface area (Å²) in [7, 11) is 0. The molecule has 1 saturated heterocycles. The summed E-state index contributed by atoms with van der Waals surface area (Å²) in [6, 6.07) is 15.2. The van der Waals surface area contributed by atoms with Crippen molar-refractivity contribution in [1.82, 2.24) is 14.5 Å². The molecule has 4 rings (SSSR count). The zero-order chi connectivity index (χ0) is 21.3. The average molecular weight is 406 g/mol. The van der Waals surface area contributed by atoms with Gasteiger partial charge in [0.1, 0.15) is 5.57 Å². The summed E-state index contributed by atoms with van der Waals surface area (Å²) >= 11 is 0. The van der Waals surface area contributed by atoms with E-state index in [-0.39, 0.29) is 17.4 Å². The smallest absolute Gasteiger partial charge is 0.339 e. The van der Waals surface area contributed by atoms with Crippen LogP contribution in [0.1, 0.15) is 17.8 Å². The summed E-state index contributed by atoms with van der Waals surface area (Å²) in [5.74, 6) is -2.62. The van der Waals surface area contributed by atoms with Gasteiger partial charge < -0.3 is 15.9 Å². The SMILES string of the molecule is N[C@H]1CCN(Cc2ccc(-n3c(C(=CC(=O)O)C(=O)O)nc4ccccc43)cc2)C1. The topological polar surface area (TPSA) is 122 Å². The van der Waals surface area contributed by atoms with E-state index in [9.17, 15) is 14.7 Å². The van der Waals surface area contributed by atoms with Crippen molar-refractivity contribution in [2.45, 2.75) is 19.0 Å². The quantitative estimate of drug-likeness (QED) is 0.536. The van der Waals surface area contributed by atoms with Crippen molar-refractivity contribution in [3.8, 4) is 5.69 Å². The van der Waals surface area contributed by atoms with Gasteiger partial charge in [0, 0.05) is 37.4 Å². The Kier molecular flexibility index (Phi) is 5.35. The number of carbonyl (C=O) groups is 2.